The van der Waals surface area contributed by atoms with E-state index >= 15 is 0 Å². The first-order chi connectivity index (χ1) is 11.8. The lowest BCUT2D eigenvalue weighted by Crippen LogP contribution is -2.29. The Labute approximate surface area is 155 Å². The van der Waals surface area contributed by atoms with Gasteiger partial charge in [-0.3, -0.25) is 4.72 Å². The summed E-state index contributed by atoms with van der Waals surface area (Å²) in [5, 5.41) is 1.31. The second-order valence-corrected chi connectivity index (χ2v) is 9.29. The van der Waals surface area contributed by atoms with Crippen molar-refractivity contribution in [3.8, 4) is 0 Å². The Morgan fingerprint density at radius 1 is 0.920 bits per heavy atom. The molecule has 132 valence electrons. The van der Waals surface area contributed by atoms with Crippen LogP contribution in [0.4, 0.5) is 0 Å². The molecule has 0 saturated heterocycles. The van der Waals surface area contributed by atoms with Crippen LogP contribution in [-0.2, 0) is 10.8 Å². The van der Waals surface area contributed by atoms with Crippen molar-refractivity contribution in [2.24, 2.45) is 0 Å². The number of hydrogen-bond acceptors (Lipinski definition) is 2. The van der Waals surface area contributed by atoms with Crippen LogP contribution in [0.3, 0.4) is 0 Å². The maximum Gasteiger partial charge on any atom is 0.0457 e. The van der Waals surface area contributed by atoms with Crippen LogP contribution in [0.25, 0.3) is 10.9 Å². The molecule has 0 aliphatic heterocycles. The standard InChI is InChI=1S/C22H28N2S/c1-21(2,3)16-10-12-17(13-11-16)25-24-15-22(4,5)19-14-23-20-9-7-6-8-18(19)20/h6-14,23-24H,15H2,1-5H3. The monoisotopic (exact) mass is 352 g/mol. The summed E-state index contributed by atoms with van der Waals surface area (Å²) in [5.41, 5.74) is 4.19. The first-order valence-corrected chi connectivity index (χ1v) is 9.66. The number of benzene rings is 2. The summed E-state index contributed by atoms with van der Waals surface area (Å²) in [4.78, 5) is 4.64. The molecule has 2 N–H and O–H groups in total. The lowest BCUT2D eigenvalue weighted by molar-refractivity contribution is 0.527. The van der Waals surface area contributed by atoms with Crippen LogP contribution in [-0.4, -0.2) is 11.5 Å². The molecular formula is C22H28N2S. The van der Waals surface area contributed by atoms with Crippen molar-refractivity contribution in [1.82, 2.24) is 9.71 Å². The minimum atomic E-state index is 0.0535. The first kappa shape index (κ1) is 18.1. The van der Waals surface area contributed by atoms with Gasteiger partial charge >= 0.3 is 0 Å². The molecule has 0 bridgehead atoms. The third kappa shape index (κ3) is 4.10. The number of aromatic nitrogens is 1. The SMILES string of the molecule is CC(C)(C)c1ccc(SNCC(C)(C)c2c[nH]c3ccccc23)cc1. The van der Waals surface area contributed by atoms with Gasteiger partial charge in [0.25, 0.3) is 0 Å². The summed E-state index contributed by atoms with van der Waals surface area (Å²) < 4.78 is 3.56. The van der Waals surface area contributed by atoms with Gasteiger partial charge in [0.05, 0.1) is 0 Å². The van der Waals surface area contributed by atoms with Gasteiger partial charge in [-0.1, -0.05) is 65.0 Å². The Bertz CT molecular complexity index is 838. The minimum absolute atomic E-state index is 0.0535. The molecule has 0 aliphatic carbocycles. The average Bonchev–Trinajstić information content (AvgIpc) is 2.99. The van der Waals surface area contributed by atoms with E-state index in [1.807, 2.05) is 0 Å². The Kier molecular flexibility index (Phi) is 4.99. The van der Waals surface area contributed by atoms with Gasteiger partial charge in [-0.05, 0) is 46.7 Å². The van der Waals surface area contributed by atoms with E-state index in [-0.39, 0.29) is 10.8 Å². The van der Waals surface area contributed by atoms with E-state index < -0.39 is 0 Å². The Morgan fingerprint density at radius 3 is 2.28 bits per heavy atom. The molecule has 2 nitrogen and oxygen atoms in total. The highest BCUT2D eigenvalue weighted by molar-refractivity contribution is 7.97. The lowest BCUT2D eigenvalue weighted by Gasteiger charge is -2.25. The van der Waals surface area contributed by atoms with Gasteiger partial charge in [0.1, 0.15) is 0 Å². The second-order valence-electron chi connectivity index (χ2n) is 8.33. The van der Waals surface area contributed by atoms with Gasteiger partial charge in [0.15, 0.2) is 0 Å². The van der Waals surface area contributed by atoms with Crippen molar-refractivity contribution in [2.75, 3.05) is 6.54 Å². The normalized spacial score (nSPS) is 12.7. The lowest BCUT2D eigenvalue weighted by atomic mass is 9.85. The van der Waals surface area contributed by atoms with Crippen LogP contribution in [0.5, 0.6) is 0 Å². The number of rotatable bonds is 5. The molecule has 1 aromatic heterocycles. The predicted molar refractivity (Wildman–Crippen MR) is 110 cm³/mol. The number of aromatic amines is 1. The molecule has 0 amide bonds. The largest absolute Gasteiger partial charge is 0.361 e. The smallest absolute Gasteiger partial charge is 0.0457 e. The second kappa shape index (κ2) is 6.89. The third-order valence-electron chi connectivity index (χ3n) is 4.74. The topological polar surface area (TPSA) is 27.8 Å². The third-order valence-corrected chi connectivity index (χ3v) is 5.54. The highest BCUT2D eigenvalue weighted by Gasteiger charge is 2.23. The molecule has 0 spiro atoms. The number of hydrogen-bond donors (Lipinski definition) is 2. The predicted octanol–water partition coefficient (Wildman–Crippen LogP) is 6.04. The number of nitrogens with one attached hydrogen (secondary N) is 2. The highest BCUT2D eigenvalue weighted by Crippen LogP contribution is 2.31. The quantitative estimate of drug-likeness (QED) is 0.548. The zero-order chi connectivity index (χ0) is 18.1. The molecule has 3 rings (SSSR count). The molecule has 1 heterocycles. The van der Waals surface area contributed by atoms with Gasteiger partial charge in [-0.25, -0.2) is 0 Å². The molecule has 0 fully saturated rings. The fourth-order valence-electron chi connectivity index (χ4n) is 3.05. The van der Waals surface area contributed by atoms with E-state index in [9.17, 15) is 0 Å². The van der Waals surface area contributed by atoms with Gasteiger partial charge in [-0.2, -0.15) is 0 Å². The molecule has 3 aromatic rings. The van der Waals surface area contributed by atoms with Crippen LogP contribution in [0.1, 0.15) is 45.7 Å². The van der Waals surface area contributed by atoms with E-state index in [4.69, 9.17) is 0 Å². The Hall–Kier alpha value is -1.71. The first-order valence-electron chi connectivity index (χ1n) is 8.84. The van der Waals surface area contributed by atoms with Crippen LogP contribution >= 0.6 is 11.9 Å². The molecule has 2 aromatic carbocycles. The fourth-order valence-corrected chi connectivity index (χ4v) is 3.92. The molecule has 3 heteroatoms. The van der Waals surface area contributed by atoms with Crippen molar-refractivity contribution in [3.05, 3.63) is 65.9 Å². The van der Waals surface area contributed by atoms with E-state index in [2.05, 4.69) is 99.1 Å². The van der Waals surface area contributed by atoms with Crippen LogP contribution in [0, 0.1) is 0 Å². The Morgan fingerprint density at radius 2 is 1.60 bits per heavy atom. The maximum atomic E-state index is 3.56. The van der Waals surface area contributed by atoms with E-state index in [1.54, 1.807) is 11.9 Å². The van der Waals surface area contributed by atoms with E-state index in [1.165, 1.54) is 26.9 Å². The van der Waals surface area contributed by atoms with Gasteiger partial charge in [0, 0.05) is 34.0 Å². The van der Waals surface area contributed by atoms with Crippen molar-refractivity contribution in [2.45, 2.75) is 50.3 Å². The van der Waals surface area contributed by atoms with Crippen molar-refractivity contribution in [1.29, 1.82) is 0 Å². The average molecular weight is 353 g/mol. The number of fused-ring (bicyclic) bond motifs is 1. The van der Waals surface area contributed by atoms with E-state index in [0.29, 0.717) is 0 Å². The van der Waals surface area contributed by atoms with Crippen molar-refractivity contribution < 1.29 is 0 Å². The molecule has 0 unspecified atom stereocenters. The molecule has 0 atom stereocenters. The zero-order valence-corrected chi connectivity index (χ0v) is 16.6. The van der Waals surface area contributed by atoms with Crippen molar-refractivity contribution >= 4 is 22.9 Å². The molecular weight excluding hydrogens is 324 g/mol. The highest BCUT2D eigenvalue weighted by atomic mass is 32.2. The zero-order valence-electron chi connectivity index (χ0n) is 15.8. The molecule has 25 heavy (non-hydrogen) atoms. The van der Waals surface area contributed by atoms with Gasteiger partial charge < -0.3 is 4.98 Å². The summed E-state index contributed by atoms with van der Waals surface area (Å²) >= 11 is 1.71. The summed E-state index contributed by atoms with van der Waals surface area (Å²) in [6, 6.07) is 17.4. The van der Waals surface area contributed by atoms with E-state index in [0.717, 1.165) is 6.54 Å². The van der Waals surface area contributed by atoms with Crippen LogP contribution < -0.4 is 4.72 Å². The van der Waals surface area contributed by atoms with Gasteiger partial charge in [-0.15, -0.1) is 0 Å². The molecule has 0 saturated carbocycles. The minimum Gasteiger partial charge on any atom is -0.361 e. The van der Waals surface area contributed by atoms with Crippen molar-refractivity contribution in [3.63, 3.8) is 0 Å². The number of para-hydroxylation sites is 1. The molecule has 0 radical (unpaired) electrons. The fraction of sp³-hybridized carbons (Fsp3) is 0.364. The Balaban J connectivity index is 1.65. The maximum absolute atomic E-state index is 3.56. The number of H-pyrrole nitrogens is 1. The molecule has 0 aliphatic rings. The summed E-state index contributed by atoms with van der Waals surface area (Å²) in [5.74, 6) is 0. The van der Waals surface area contributed by atoms with Crippen LogP contribution in [0.2, 0.25) is 0 Å². The van der Waals surface area contributed by atoms with Gasteiger partial charge in [0.2, 0.25) is 0 Å². The summed E-state index contributed by atoms with van der Waals surface area (Å²) in [7, 11) is 0. The summed E-state index contributed by atoms with van der Waals surface area (Å²) in [6.07, 6.45) is 2.15. The summed E-state index contributed by atoms with van der Waals surface area (Å²) in [6.45, 7) is 12.2. The van der Waals surface area contributed by atoms with Crippen LogP contribution in [0.15, 0.2) is 59.6 Å².